The average Bonchev–Trinajstić information content (AvgIpc) is 2.55. The zero-order chi connectivity index (χ0) is 16.1. The van der Waals surface area contributed by atoms with E-state index in [0.29, 0.717) is 29.5 Å². The van der Waals surface area contributed by atoms with E-state index in [9.17, 15) is 0 Å². The van der Waals surface area contributed by atoms with Gasteiger partial charge in [0.05, 0.1) is 28.4 Å². The third kappa shape index (κ3) is 3.13. The molecule has 0 unspecified atom stereocenters. The Balaban J connectivity index is 2.41. The quantitative estimate of drug-likeness (QED) is 0.868. The standard InChI is InChI=1S/C15H19N3O4/c1-19-11-6-9(7-12(20-2)13(11)21-3)5-10-8-17-15(16)18-14(10)22-4/h6-8H,5H2,1-4H3,(H2,16,17,18). The molecule has 2 N–H and O–H groups in total. The summed E-state index contributed by atoms with van der Waals surface area (Å²) in [6, 6.07) is 3.74. The molecule has 0 aliphatic carbocycles. The molecular weight excluding hydrogens is 286 g/mol. The van der Waals surface area contributed by atoms with E-state index in [-0.39, 0.29) is 5.95 Å². The number of hydrogen-bond donors (Lipinski definition) is 1. The van der Waals surface area contributed by atoms with Gasteiger partial charge in [0.1, 0.15) is 0 Å². The van der Waals surface area contributed by atoms with Gasteiger partial charge in [-0.25, -0.2) is 4.98 Å². The maximum atomic E-state index is 5.57. The highest BCUT2D eigenvalue weighted by molar-refractivity contribution is 5.54. The second kappa shape index (κ2) is 6.84. The van der Waals surface area contributed by atoms with Gasteiger partial charge in [0.2, 0.25) is 17.6 Å². The average molecular weight is 305 g/mol. The Labute approximate surface area is 129 Å². The fourth-order valence-corrected chi connectivity index (χ4v) is 2.16. The number of methoxy groups -OCH3 is 4. The van der Waals surface area contributed by atoms with Crippen molar-refractivity contribution in [3.05, 3.63) is 29.5 Å². The Morgan fingerprint density at radius 1 is 0.955 bits per heavy atom. The number of hydrogen-bond acceptors (Lipinski definition) is 7. The molecule has 1 aromatic carbocycles. The molecule has 2 rings (SSSR count). The SMILES string of the molecule is COc1cc(Cc2cnc(N)nc2OC)cc(OC)c1OC. The summed E-state index contributed by atoms with van der Waals surface area (Å²) >= 11 is 0. The first-order chi connectivity index (χ1) is 10.6. The van der Waals surface area contributed by atoms with E-state index in [4.69, 9.17) is 24.7 Å². The Morgan fingerprint density at radius 3 is 2.09 bits per heavy atom. The molecule has 0 bridgehead atoms. The Kier molecular flexibility index (Phi) is 4.88. The number of nitrogens with zero attached hydrogens (tertiary/aromatic N) is 2. The molecule has 1 aromatic heterocycles. The summed E-state index contributed by atoms with van der Waals surface area (Å²) in [5.41, 5.74) is 7.32. The molecule has 0 saturated heterocycles. The minimum atomic E-state index is 0.172. The molecule has 0 amide bonds. The highest BCUT2D eigenvalue weighted by Gasteiger charge is 2.15. The molecule has 0 atom stereocenters. The van der Waals surface area contributed by atoms with Crippen molar-refractivity contribution in [3.8, 4) is 23.1 Å². The van der Waals surface area contributed by atoms with Gasteiger partial charge in [-0.1, -0.05) is 0 Å². The number of aromatic nitrogens is 2. The topological polar surface area (TPSA) is 88.7 Å². The summed E-state index contributed by atoms with van der Waals surface area (Å²) < 4.78 is 21.2. The molecule has 0 aliphatic heterocycles. The monoisotopic (exact) mass is 305 g/mol. The number of anilines is 1. The van der Waals surface area contributed by atoms with Crippen molar-refractivity contribution < 1.29 is 18.9 Å². The van der Waals surface area contributed by atoms with Gasteiger partial charge in [-0.2, -0.15) is 4.98 Å². The summed E-state index contributed by atoms with van der Waals surface area (Å²) in [4.78, 5) is 8.07. The van der Waals surface area contributed by atoms with Crippen LogP contribution in [0.2, 0.25) is 0 Å². The first-order valence-corrected chi connectivity index (χ1v) is 6.57. The van der Waals surface area contributed by atoms with Crippen molar-refractivity contribution in [1.29, 1.82) is 0 Å². The maximum Gasteiger partial charge on any atom is 0.223 e. The van der Waals surface area contributed by atoms with Crippen molar-refractivity contribution in [2.24, 2.45) is 0 Å². The van der Waals surface area contributed by atoms with Gasteiger partial charge in [-0.05, 0) is 17.7 Å². The Bertz CT molecular complexity index is 636. The van der Waals surface area contributed by atoms with Crippen LogP contribution in [0, 0.1) is 0 Å². The predicted molar refractivity (Wildman–Crippen MR) is 81.9 cm³/mol. The first kappa shape index (κ1) is 15.7. The number of benzene rings is 1. The lowest BCUT2D eigenvalue weighted by Gasteiger charge is -2.14. The number of rotatable bonds is 6. The van der Waals surface area contributed by atoms with E-state index in [2.05, 4.69) is 9.97 Å². The smallest absolute Gasteiger partial charge is 0.223 e. The first-order valence-electron chi connectivity index (χ1n) is 6.57. The molecule has 7 nitrogen and oxygen atoms in total. The second-order valence-corrected chi connectivity index (χ2v) is 4.47. The van der Waals surface area contributed by atoms with Gasteiger partial charge < -0.3 is 24.7 Å². The summed E-state index contributed by atoms with van der Waals surface area (Å²) in [5.74, 6) is 2.35. The Morgan fingerprint density at radius 2 is 1.59 bits per heavy atom. The predicted octanol–water partition coefficient (Wildman–Crippen LogP) is 1.68. The molecule has 0 fully saturated rings. The molecule has 0 saturated carbocycles. The summed E-state index contributed by atoms with van der Waals surface area (Å²) in [5, 5.41) is 0. The maximum absolute atomic E-state index is 5.57. The molecule has 118 valence electrons. The molecule has 0 radical (unpaired) electrons. The van der Waals surface area contributed by atoms with E-state index in [1.54, 1.807) is 34.6 Å². The van der Waals surface area contributed by atoms with Crippen LogP contribution in [0.15, 0.2) is 18.3 Å². The van der Waals surface area contributed by atoms with E-state index in [0.717, 1.165) is 11.1 Å². The summed E-state index contributed by atoms with van der Waals surface area (Å²) in [7, 11) is 6.26. The van der Waals surface area contributed by atoms with Gasteiger partial charge in [-0.15, -0.1) is 0 Å². The fraction of sp³-hybridized carbons (Fsp3) is 0.333. The van der Waals surface area contributed by atoms with Gasteiger partial charge in [-0.3, -0.25) is 0 Å². The van der Waals surface area contributed by atoms with Gasteiger partial charge in [0, 0.05) is 18.2 Å². The van der Waals surface area contributed by atoms with Crippen molar-refractivity contribution in [3.63, 3.8) is 0 Å². The third-order valence-electron chi connectivity index (χ3n) is 3.16. The second-order valence-electron chi connectivity index (χ2n) is 4.47. The van der Waals surface area contributed by atoms with Crippen molar-refractivity contribution in [2.45, 2.75) is 6.42 Å². The largest absolute Gasteiger partial charge is 0.493 e. The van der Waals surface area contributed by atoms with Crippen molar-refractivity contribution in [1.82, 2.24) is 9.97 Å². The van der Waals surface area contributed by atoms with E-state index < -0.39 is 0 Å². The molecule has 7 heteroatoms. The van der Waals surface area contributed by atoms with Crippen LogP contribution in [0.4, 0.5) is 5.95 Å². The molecule has 22 heavy (non-hydrogen) atoms. The fourth-order valence-electron chi connectivity index (χ4n) is 2.16. The van der Waals surface area contributed by atoms with Crippen molar-refractivity contribution >= 4 is 5.95 Å². The Hall–Kier alpha value is -2.70. The zero-order valence-electron chi connectivity index (χ0n) is 13.0. The third-order valence-corrected chi connectivity index (χ3v) is 3.16. The van der Waals surface area contributed by atoms with E-state index >= 15 is 0 Å². The molecular formula is C15H19N3O4. The summed E-state index contributed by atoms with van der Waals surface area (Å²) in [6.45, 7) is 0. The lowest BCUT2D eigenvalue weighted by molar-refractivity contribution is 0.324. The molecule has 0 aliphatic rings. The lowest BCUT2D eigenvalue weighted by atomic mass is 10.1. The molecule has 0 spiro atoms. The van der Waals surface area contributed by atoms with Gasteiger partial charge in [0.25, 0.3) is 0 Å². The van der Waals surface area contributed by atoms with Crippen LogP contribution in [0.5, 0.6) is 23.1 Å². The van der Waals surface area contributed by atoms with E-state index in [1.807, 2.05) is 12.1 Å². The van der Waals surface area contributed by atoms with Crippen LogP contribution in [0.1, 0.15) is 11.1 Å². The van der Waals surface area contributed by atoms with Gasteiger partial charge >= 0.3 is 0 Å². The zero-order valence-corrected chi connectivity index (χ0v) is 13.0. The molecule has 2 aromatic rings. The highest BCUT2D eigenvalue weighted by atomic mass is 16.5. The molecule has 1 heterocycles. The number of nitrogens with two attached hydrogens (primary N) is 1. The van der Waals surface area contributed by atoms with Crippen LogP contribution >= 0.6 is 0 Å². The van der Waals surface area contributed by atoms with Crippen LogP contribution < -0.4 is 24.7 Å². The van der Waals surface area contributed by atoms with Gasteiger partial charge in [0.15, 0.2) is 11.5 Å². The highest BCUT2D eigenvalue weighted by Crippen LogP contribution is 2.39. The van der Waals surface area contributed by atoms with Crippen molar-refractivity contribution in [2.75, 3.05) is 34.2 Å². The van der Waals surface area contributed by atoms with Crippen LogP contribution in [-0.2, 0) is 6.42 Å². The lowest BCUT2D eigenvalue weighted by Crippen LogP contribution is -2.03. The summed E-state index contributed by atoms with van der Waals surface area (Å²) in [6.07, 6.45) is 2.19. The van der Waals surface area contributed by atoms with Crippen LogP contribution in [-0.4, -0.2) is 38.4 Å². The number of nitrogen functional groups attached to an aromatic ring is 1. The van der Waals surface area contributed by atoms with Crippen LogP contribution in [0.25, 0.3) is 0 Å². The number of ether oxygens (including phenoxy) is 4. The normalized spacial score (nSPS) is 10.2. The van der Waals surface area contributed by atoms with E-state index in [1.165, 1.54) is 0 Å². The van der Waals surface area contributed by atoms with Crippen LogP contribution in [0.3, 0.4) is 0 Å². The minimum Gasteiger partial charge on any atom is -0.493 e. The minimum absolute atomic E-state index is 0.172.